The van der Waals surface area contributed by atoms with Gasteiger partial charge in [-0.3, -0.25) is 0 Å². The Kier molecular flexibility index (Phi) is 5.36. The molecule has 0 atom stereocenters. The third kappa shape index (κ3) is 4.32. The standard InChI is InChI=1S/C18H18O5/c1-12-4-9-16(13(2)10-12)18(20)23-11-22-17(19)14-5-7-15(21-3)8-6-14/h4-10H,11H2,1-3H3. The topological polar surface area (TPSA) is 61.8 Å². The lowest BCUT2D eigenvalue weighted by Crippen LogP contribution is -2.14. The Bertz CT molecular complexity index is 704. The molecule has 0 unspecified atom stereocenters. The molecule has 120 valence electrons. The lowest BCUT2D eigenvalue weighted by Gasteiger charge is -2.09. The molecule has 0 spiro atoms. The Labute approximate surface area is 134 Å². The minimum absolute atomic E-state index is 0.355. The average molecular weight is 314 g/mol. The van der Waals surface area contributed by atoms with Crippen LogP contribution in [0.5, 0.6) is 5.75 Å². The number of esters is 2. The van der Waals surface area contributed by atoms with Gasteiger partial charge in [0.25, 0.3) is 0 Å². The zero-order valence-electron chi connectivity index (χ0n) is 13.3. The second-order valence-electron chi connectivity index (χ2n) is 5.03. The molecule has 5 nitrogen and oxygen atoms in total. The van der Waals surface area contributed by atoms with Gasteiger partial charge in [-0.05, 0) is 49.7 Å². The van der Waals surface area contributed by atoms with E-state index in [9.17, 15) is 9.59 Å². The van der Waals surface area contributed by atoms with Crippen molar-refractivity contribution >= 4 is 11.9 Å². The van der Waals surface area contributed by atoms with Gasteiger partial charge in [0.2, 0.25) is 6.79 Å². The van der Waals surface area contributed by atoms with E-state index >= 15 is 0 Å². The van der Waals surface area contributed by atoms with Crippen LogP contribution in [-0.2, 0) is 9.47 Å². The van der Waals surface area contributed by atoms with E-state index in [4.69, 9.17) is 14.2 Å². The van der Waals surface area contributed by atoms with Gasteiger partial charge in [0.15, 0.2) is 0 Å². The summed E-state index contributed by atoms with van der Waals surface area (Å²) in [5.74, 6) is -0.450. The largest absolute Gasteiger partial charge is 0.497 e. The smallest absolute Gasteiger partial charge is 0.341 e. The number of rotatable bonds is 5. The van der Waals surface area contributed by atoms with Crippen molar-refractivity contribution in [3.63, 3.8) is 0 Å². The number of methoxy groups -OCH3 is 1. The highest BCUT2D eigenvalue weighted by Crippen LogP contribution is 2.13. The Morgan fingerprint density at radius 3 is 2.17 bits per heavy atom. The highest BCUT2D eigenvalue weighted by atomic mass is 16.7. The summed E-state index contributed by atoms with van der Waals surface area (Å²) in [4.78, 5) is 23.8. The Morgan fingerprint density at radius 1 is 0.913 bits per heavy atom. The van der Waals surface area contributed by atoms with Crippen molar-refractivity contribution in [2.45, 2.75) is 13.8 Å². The summed E-state index contributed by atoms with van der Waals surface area (Å²) in [7, 11) is 1.54. The Balaban J connectivity index is 1.88. The fourth-order valence-electron chi connectivity index (χ4n) is 2.07. The molecule has 0 aromatic heterocycles. The van der Waals surface area contributed by atoms with Crippen LogP contribution in [0, 0.1) is 13.8 Å². The van der Waals surface area contributed by atoms with E-state index in [0.29, 0.717) is 16.9 Å². The summed E-state index contributed by atoms with van der Waals surface area (Å²) in [6.45, 7) is 3.34. The molecule has 0 N–H and O–H groups in total. The van der Waals surface area contributed by atoms with Crippen molar-refractivity contribution in [3.8, 4) is 5.75 Å². The summed E-state index contributed by atoms with van der Waals surface area (Å²) >= 11 is 0. The van der Waals surface area contributed by atoms with Gasteiger partial charge in [0, 0.05) is 0 Å². The van der Waals surface area contributed by atoms with E-state index in [2.05, 4.69) is 0 Å². The maximum Gasteiger partial charge on any atom is 0.341 e. The number of carbonyl (C=O) groups is 2. The molecule has 0 saturated carbocycles. The molecular weight excluding hydrogens is 296 g/mol. The van der Waals surface area contributed by atoms with Gasteiger partial charge in [-0.25, -0.2) is 9.59 Å². The Morgan fingerprint density at radius 2 is 1.57 bits per heavy atom. The van der Waals surface area contributed by atoms with Crippen LogP contribution in [0.15, 0.2) is 42.5 Å². The second-order valence-corrected chi connectivity index (χ2v) is 5.03. The van der Waals surface area contributed by atoms with Crippen LogP contribution in [-0.4, -0.2) is 25.8 Å². The van der Waals surface area contributed by atoms with Crippen LogP contribution < -0.4 is 4.74 Å². The number of benzene rings is 2. The minimum atomic E-state index is -0.568. The molecule has 0 saturated heterocycles. The molecule has 0 aliphatic rings. The molecule has 0 aliphatic carbocycles. The first-order valence-electron chi connectivity index (χ1n) is 7.07. The van der Waals surface area contributed by atoms with E-state index < -0.39 is 18.7 Å². The predicted molar refractivity (Wildman–Crippen MR) is 84.6 cm³/mol. The van der Waals surface area contributed by atoms with Crippen molar-refractivity contribution in [1.82, 2.24) is 0 Å². The van der Waals surface area contributed by atoms with Gasteiger partial charge in [0.05, 0.1) is 18.2 Å². The molecule has 0 aliphatic heterocycles. The monoisotopic (exact) mass is 314 g/mol. The quantitative estimate of drug-likeness (QED) is 0.626. The maximum atomic E-state index is 11.9. The van der Waals surface area contributed by atoms with E-state index in [0.717, 1.165) is 11.1 Å². The number of carbonyl (C=O) groups excluding carboxylic acids is 2. The molecule has 5 heteroatoms. The van der Waals surface area contributed by atoms with Crippen LogP contribution in [0.4, 0.5) is 0 Å². The van der Waals surface area contributed by atoms with Crippen LogP contribution in [0.3, 0.4) is 0 Å². The van der Waals surface area contributed by atoms with E-state index in [1.165, 1.54) is 0 Å². The summed E-state index contributed by atoms with van der Waals surface area (Å²) in [5.41, 5.74) is 2.69. The first kappa shape index (κ1) is 16.5. The molecule has 2 aromatic rings. The van der Waals surface area contributed by atoms with Gasteiger partial charge >= 0.3 is 11.9 Å². The van der Waals surface area contributed by atoms with Crippen molar-refractivity contribution in [1.29, 1.82) is 0 Å². The molecule has 23 heavy (non-hydrogen) atoms. The first-order chi connectivity index (χ1) is 11.0. The fraction of sp³-hybridized carbons (Fsp3) is 0.222. The number of hydrogen-bond acceptors (Lipinski definition) is 5. The second kappa shape index (κ2) is 7.45. The molecule has 2 aromatic carbocycles. The maximum absolute atomic E-state index is 11.9. The van der Waals surface area contributed by atoms with Gasteiger partial charge in [0.1, 0.15) is 5.75 Å². The Hall–Kier alpha value is -2.82. The highest BCUT2D eigenvalue weighted by Gasteiger charge is 2.12. The minimum Gasteiger partial charge on any atom is -0.497 e. The molecule has 0 heterocycles. The van der Waals surface area contributed by atoms with Crippen molar-refractivity contribution < 1.29 is 23.8 Å². The molecule has 2 rings (SSSR count). The van der Waals surface area contributed by atoms with Crippen molar-refractivity contribution in [2.75, 3.05) is 13.9 Å². The third-order valence-corrected chi connectivity index (χ3v) is 3.31. The summed E-state index contributed by atoms with van der Waals surface area (Å²) < 4.78 is 14.9. The van der Waals surface area contributed by atoms with Crippen LogP contribution in [0.2, 0.25) is 0 Å². The summed E-state index contributed by atoms with van der Waals surface area (Å²) in [6.07, 6.45) is 0. The van der Waals surface area contributed by atoms with E-state index in [-0.39, 0.29) is 0 Å². The predicted octanol–water partition coefficient (Wildman–Crippen LogP) is 3.28. The van der Waals surface area contributed by atoms with Gasteiger partial charge in [-0.1, -0.05) is 17.7 Å². The normalized spacial score (nSPS) is 10.0. The first-order valence-corrected chi connectivity index (χ1v) is 7.07. The number of hydrogen-bond donors (Lipinski definition) is 0. The molecule has 0 fully saturated rings. The highest BCUT2D eigenvalue weighted by molar-refractivity contribution is 5.91. The van der Waals surface area contributed by atoms with Crippen LogP contribution in [0.1, 0.15) is 31.8 Å². The number of ether oxygens (including phenoxy) is 3. The SMILES string of the molecule is COc1ccc(C(=O)OCOC(=O)c2ccc(C)cc2C)cc1. The lowest BCUT2D eigenvalue weighted by atomic mass is 10.1. The van der Waals surface area contributed by atoms with Gasteiger partial charge in [-0.2, -0.15) is 0 Å². The van der Waals surface area contributed by atoms with Crippen molar-refractivity contribution in [3.05, 3.63) is 64.7 Å². The number of aryl methyl sites for hydroxylation is 2. The molecule has 0 radical (unpaired) electrons. The molecule has 0 amide bonds. The van der Waals surface area contributed by atoms with Crippen LogP contribution >= 0.6 is 0 Å². The summed E-state index contributed by atoms with van der Waals surface area (Å²) in [5, 5.41) is 0. The zero-order chi connectivity index (χ0) is 16.8. The van der Waals surface area contributed by atoms with E-state index in [1.54, 1.807) is 37.4 Å². The fourth-order valence-corrected chi connectivity index (χ4v) is 2.07. The van der Waals surface area contributed by atoms with Crippen molar-refractivity contribution in [2.24, 2.45) is 0 Å². The molecular formula is C18H18O5. The zero-order valence-corrected chi connectivity index (χ0v) is 13.3. The van der Waals surface area contributed by atoms with Gasteiger partial charge < -0.3 is 14.2 Å². The summed E-state index contributed by atoms with van der Waals surface area (Å²) in [6, 6.07) is 11.9. The lowest BCUT2D eigenvalue weighted by molar-refractivity contribution is -0.0167. The van der Waals surface area contributed by atoms with E-state index in [1.807, 2.05) is 26.0 Å². The average Bonchev–Trinajstić information content (AvgIpc) is 2.54. The van der Waals surface area contributed by atoms with Gasteiger partial charge in [-0.15, -0.1) is 0 Å². The molecule has 0 bridgehead atoms. The third-order valence-electron chi connectivity index (χ3n) is 3.31. The van der Waals surface area contributed by atoms with Crippen LogP contribution in [0.25, 0.3) is 0 Å².